The molecule has 4 N–H and O–H groups in total. The second-order valence-corrected chi connectivity index (χ2v) is 4.62. The molecule has 0 saturated heterocycles. The molecule has 6 nitrogen and oxygen atoms in total. The number of amides is 2. The van der Waals surface area contributed by atoms with Gasteiger partial charge in [-0.25, -0.2) is 4.79 Å². The van der Waals surface area contributed by atoms with Crippen LogP contribution in [0.3, 0.4) is 0 Å². The molecule has 0 aliphatic carbocycles. The fourth-order valence-electron chi connectivity index (χ4n) is 0.919. The second-order valence-electron chi connectivity index (χ2n) is 4.62. The average Bonchev–Trinajstić information content (AvgIpc) is 2.09. The van der Waals surface area contributed by atoms with E-state index < -0.39 is 23.3 Å². The van der Waals surface area contributed by atoms with Gasteiger partial charge in [0.2, 0.25) is 11.8 Å². The predicted octanol–water partition coefficient (Wildman–Crippen LogP) is -0.133. The number of carboxylic acids is 1. The number of rotatable bonds is 5. The Morgan fingerprint density at radius 3 is 2.12 bits per heavy atom. The second kappa shape index (κ2) is 5.48. The maximum atomic E-state index is 11.5. The summed E-state index contributed by atoms with van der Waals surface area (Å²) < 4.78 is 0. The highest BCUT2D eigenvalue weighted by Crippen LogP contribution is 2.13. The van der Waals surface area contributed by atoms with Crippen LogP contribution in [0.4, 0.5) is 0 Å². The minimum absolute atomic E-state index is 0.00644. The third kappa shape index (κ3) is 5.33. The van der Waals surface area contributed by atoms with E-state index in [0.717, 1.165) is 0 Å². The van der Waals surface area contributed by atoms with Crippen molar-refractivity contribution >= 4 is 17.8 Å². The molecule has 92 valence electrons. The molecule has 16 heavy (non-hydrogen) atoms. The van der Waals surface area contributed by atoms with Crippen LogP contribution in [0.2, 0.25) is 0 Å². The van der Waals surface area contributed by atoms with Gasteiger partial charge in [0.15, 0.2) is 0 Å². The highest BCUT2D eigenvalue weighted by molar-refractivity contribution is 5.87. The third-order valence-electron chi connectivity index (χ3n) is 1.96. The zero-order valence-corrected chi connectivity index (χ0v) is 9.74. The van der Waals surface area contributed by atoms with Gasteiger partial charge in [-0.05, 0) is 6.42 Å². The summed E-state index contributed by atoms with van der Waals surface area (Å²) in [5.74, 6) is -2.13. The van der Waals surface area contributed by atoms with E-state index in [1.54, 1.807) is 20.8 Å². The van der Waals surface area contributed by atoms with Crippen molar-refractivity contribution in [2.45, 2.75) is 39.7 Å². The first kappa shape index (κ1) is 14.4. The van der Waals surface area contributed by atoms with Gasteiger partial charge >= 0.3 is 5.97 Å². The van der Waals surface area contributed by atoms with E-state index in [-0.39, 0.29) is 18.7 Å². The molecule has 0 aromatic heterocycles. The summed E-state index contributed by atoms with van der Waals surface area (Å²) in [6.07, 6.45) is -0.0616. The molecule has 6 heteroatoms. The SMILES string of the molecule is CC(C)(C)C(=O)N[C@H](CCC(N)=O)C(=O)O. The van der Waals surface area contributed by atoms with Gasteiger partial charge in [0.05, 0.1) is 0 Å². The first-order chi connectivity index (χ1) is 7.14. The molecular weight excluding hydrogens is 212 g/mol. The van der Waals surface area contributed by atoms with Crippen LogP contribution >= 0.6 is 0 Å². The lowest BCUT2D eigenvalue weighted by Gasteiger charge is -2.21. The number of nitrogens with two attached hydrogens (primary N) is 1. The molecule has 0 unspecified atom stereocenters. The summed E-state index contributed by atoms with van der Waals surface area (Å²) in [6, 6.07) is -1.07. The monoisotopic (exact) mass is 230 g/mol. The van der Waals surface area contributed by atoms with E-state index in [1.165, 1.54) is 0 Å². The summed E-state index contributed by atoms with van der Waals surface area (Å²) in [4.78, 5) is 32.9. The van der Waals surface area contributed by atoms with Gasteiger partial charge in [0, 0.05) is 11.8 Å². The van der Waals surface area contributed by atoms with E-state index in [0.29, 0.717) is 0 Å². The Kier molecular flexibility index (Phi) is 4.94. The molecule has 0 heterocycles. The van der Waals surface area contributed by atoms with E-state index >= 15 is 0 Å². The quantitative estimate of drug-likeness (QED) is 0.611. The number of carboxylic acid groups (broad SMARTS) is 1. The predicted molar refractivity (Wildman–Crippen MR) is 57.4 cm³/mol. The largest absolute Gasteiger partial charge is 0.480 e. The summed E-state index contributed by atoms with van der Waals surface area (Å²) >= 11 is 0. The Bertz CT molecular complexity index is 294. The van der Waals surface area contributed by atoms with Crippen LogP contribution in [-0.4, -0.2) is 28.9 Å². The van der Waals surface area contributed by atoms with Crippen molar-refractivity contribution in [3.63, 3.8) is 0 Å². The molecule has 0 aromatic carbocycles. The third-order valence-corrected chi connectivity index (χ3v) is 1.96. The molecule has 0 aromatic rings. The van der Waals surface area contributed by atoms with E-state index in [9.17, 15) is 14.4 Å². The zero-order valence-electron chi connectivity index (χ0n) is 9.74. The van der Waals surface area contributed by atoms with E-state index in [2.05, 4.69) is 5.32 Å². The Morgan fingerprint density at radius 2 is 1.81 bits per heavy atom. The van der Waals surface area contributed by atoms with Crippen molar-refractivity contribution in [1.29, 1.82) is 0 Å². The molecule has 2 amide bonds. The minimum atomic E-state index is -1.17. The van der Waals surface area contributed by atoms with Crippen LogP contribution in [-0.2, 0) is 14.4 Å². The number of primary amides is 1. The highest BCUT2D eigenvalue weighted by atomic mass is 16.4. The maximum absolute atomic E-state index is 11.5. The van der Waals surface area contributed by atoms with Crippen molar-refractivity contribution in [2.24, 2.45) is 11.1 Å². The lowest BCUT2D eigenvalue weighted by molar-refractivity contribution is -0.143. The van der Waals surface area contributed by atoms with Crippen LogP contribution in [0.15, 0.2) is 0 Å². The Balaban J connectivity index is 4.41. The Hall–Kier alpha value is -1.59. The van der Waals surface area contributed by atoms with Crippen molar-refractivity contribution < 1.29 is 19.5 Å². The van der Waals surface area contributed by atoms with Crippen LogP contribution in [0.1, 0.15) is 33.6 Å². The molecule has 0 aliphatic rings. The van der Waals surface area contributed by atoms with E-state index in [4.69, 9.17) is 10.8 Å². The van der Waals surface area contributed by atoms with Gasteiger partial charge in [0.25, 0.3) is 0 Å². The first-order valence-electron chi connectivity index (χ1n) is 4.96. The molecule has 0 saturated carbocycles. The van der Waals surface area contributed by atoms with Crippen LogP contribution in [0.5, 0.6) is 0 Å². The van der Waals surface area contributed by atoms with Gasteiger partial charge in [-0.2, -0.15) is 0 Å². The van der Waals surface area contributed by atoms with Gasteiger partial charge < -0.3 is 16.2 Å². The van der Waals surface area contributed by atoms with Crippen molar-refractivity contribution in [2.75, 3.05) is 0 Å². The van der Waals surface area contributed by atoms with Gasteiger partial charge in [0.1, 0.15) is 6.04 Å². The molecule has 0 bridgehead atoms. The van der Waals surface area contributed by atoms with Gasteiger partial charge in [-0.1, -0.05) is 20.8 Å². The molecule has 0 spiro atoms. The Labute approximate surface area is 94.2 Å². The van der Waals surface area contributed by atoms with Crippen LogP contribution in [0, 0.1) is 5.41 Å². The normalized spacial score (nSPS) is 12.9. The van der Waals surface area contributed by atoms with Crippen LogP contribution in [0.25, 0.3) is 0 Å². The lowest BCUT2D eigenvalue weighted by atomic mass is 9.95. The Morgan fingerprint density at radius 1 is 1.31 bits per heavy atom. The summed E-state index contributed by atoms with van der Waals surface area (Å²) in [5, 5.41) is 11.2. The standard InChI is InChI=1S/C10H18N2O4/c1-10(2,3)9(16)12-6(8(14)15)4-5-7(11)13/h6H,4-5H2,1-3H3,(H2,11,13)(H,12,16)(H,14,15)/t6-/m1/s1. The highest BCUT2D eigenvalue weighted by Gasteiger charge is 2.27. The van der Waals surface area contributed by atoms with Gasteiger partial charge in [-0.3, -0.25) is 9.59 Å². The average molecular weight is 230 g/mol. The number of hydrogen-bond acceptors (Lipinski definition) is 3. The van der Waals surface area contributed by atoms with E-state index in [1.807, 2.05) is 0 Å². The number of carbonyl (C=O) groups excluding carboxylic acids is 2. The number of hydrogen-bond donors (Lipinski definition) is 3. The number of aliphatic carboxylic acids is 1. The molecular formula is C10H18N2O4. The summed E-state index contributed by atoms with van der Waals surface area (Å²) in [6.45, 7) is 5.03. The lowest BCUT2D eigenvalue weighted by Crippen LogP contribution is -2.46. The van der Waals surface area contributed by atoms with Crippen LogP contribution < -0.4 is 11.1 Å². The van der Waals surface area contributed by atoms with Crippen molar-refractivity contribution in [3.05, 3.63) is 0 Å². The zero-order chi connectivity index (χ0) is 12.9. The molecule has 0 radical (unpaired) electrons. The topological polar surface area (TPSA) is 109 Å². The fourth-order valence-corrected chi connectivity index (χ4v) is 0.919. The van der Waals surface area contributed by atoms with Gasteiger partial charge in [-0.15, -0.1) is 0 Å². The number of nitrogens with one attached hydrogen (secondary N) is 1. The first-order valence-corrected chi connectivity index (χ1v) is 4.96. The molecule has 0 aliphatic heterocycles. The molecule has 1 atom stereocenters. The minimum Gasteiger partial charge on any atom is -0.480 e. The maximum Gasteiger partial charge on any atom is 0.326 e. The van der Waals surface area contributed by atoms with Crippen molar-refractivity contribution in [3.8, 4) is 0 Å². The molecule has 0 rings (SSSR count). The fraction of sp³-hybridized carbons (Fsp3) is 0.700. The molecule has 0 fully saturated rings. The smallest absolute Gasteiger partial charge is 0.326 e. The van der Waals surface area contributed by atoms with Crippen molar-refractivity contribution in [1.82, 2.24) is 5.32 Å². The summed E-state index contributed by atoms with van der Waals surface area (Å²) in [5.41, 5.74) is 4.25. The summed E-state index contributed by atoms with van der Waals surface area (Å²) in [7, 11) is 0. The number of carbonyl (C=O) groups is 3.